The Kier molecular flexibility index (Phi) is 9.31. The van der Waals surface area contributed by atoms with Crippen LogP contribution in [0.4, 0.5) is 0 Å². The molecule has 0 saturated heterocycles. The quantitative estimate of drug-likeness (QED) is 0.233. The second-order valence-electron chi connectivity index (χ2n) is 10.7. The molecule has 1 aliphatic rings. The van der Waals surface area contributed by atoms with E-state index in [0.29, 0.717) is 22.8 Å². The van der Waals surface area contributed by atoms with Crippen molar-refractivity contribution in [3.05, 3.63) is 89.6 Å². The van der Waals surface area contributed by atoms with Gasteiger partial charge in [-0.15, -0.1) is 0 Å². The number of aromatic nitrogens is 1. The molecule has 1 atom stereocenters. The molecule has 1 aliphatic carbocycles. The van der Waals surface area contributed by atoms with E-state index in [4.69, 9.17) is 14.2 Å². The normalized spacial score (nSPS) is 14.3. The van der Waals surface area contributed by atoms with Crippen LogP contribution in [0.5, 0.6) is 17.2 Å². The van der Waals surface area contributed by atoms with Crippen LogP contribution < -0.4 is 19.5 Å². The first-order valence-corrected chi connectivity index (χ1v) is 14.5. The summed E-state index contributed by atoms with van der Waals surface area (Å²) in [7, 11) is 4.75. The van der Waals surface area contributed by atoms with Gasteiger partial charge in [0.25, 0.3) is 0 Å². The van der Waals surface area contributed by atoms with Crippen molar-refractivity contribution in [1.29, 1.82) is 0 Å². The SMILES string of the molecule is COc1ccccc1CN(C(=O)Cc1c[nH]c2ccccc12)C(C(=O)NC1CCCCC1)c1ccc(OC)c(OC)c1. The minimum Gasteiger partial charge on any atom is -0.496 e. The summed E-state index contributed by atoms with van der Waals surface area (Å²) in [5, 5.41) is 4.26. The lowest BCUT2D eigenvalue weighted by Gasteiger charge is -2.34. The van der Waals surface area contributed by atoms with Crippen molar-refractivity contribution < 1.29 is 23.8 Å². The van der Waals surface area contributed by atoms with Crippen LogP contribution in [0.15, 0.2) is 72.9 Å². The Hall–Kier alpha value is -4.46. The standard InChI is InChI=1S/C34H39N3O5/c1-40-29-16-10-7-11-24(29)22-37(32(38)20-25-21-35-28-15-9-8-14-27(25)28)33(34(39)36-26-12-5-4-6-13-26)23-17-18-30(41-2)31(19-23)42-3/h7-11,14-19,21,26,33,35H,4-6,12-13,20,22H2,1-3H3,(H,36,39). The lowest BCUT2D eigenvalue weighted by molar-refractivity contribution is -0.141. The molecule has 8 nitrogen and oxygen atoms in total. The number of ether oxygens (including phenoxy) is 3. The molecule has 0 radical (unpaired) electrons. The highest BCUT2D eigenvalue weighted by molar-refractivity contribution is 5.92. The van der Waals surface area contributed by atoms with Crippen LogP contribution in [0.3, 0.4) is 0 Å². The Balaban J connectivity index is 1.58. The number of nitrogens with zero attached hydrogens (tertiary/aromatic N) is 1. The third-order valence-corrected chi connectivity index (χ3v) is 8.11. The summed E-state index contributed by atoms with van der Waals surface area (Å²) in [4.78, 5) is 33.6. The maximum absolute atomic E-state index is 14.4. The third kappa shape index (κ3) is 6.38. The number of para-hydroxylation sites is 2. The summed E-state index contributed by atoms with van der Waals surface area (Å²) in [5.41, 5.74) is 3.29. The Morgan fingerprint density at radius 2 is 1.57 bits per heavy atom. The Labute approximate surface area is 247 Å². The zero-order valence-electron chi connectivity index (χ0n) is 24.5. The van der Waals surface area contributed by atoms with E-state index in [1.807, 2.05) is 60.8 Å². The molecule has 1 unspecified atom stereocenters. The Morgan fingerprint density at radius 3 is 2.33 bits per heavy atom. The second-order valence-corrected chi connectivity index (χ2v) is 10.7. The van der Waals surface area contributed by atoms with Gasteiger partial charge in [0.15, 0.2) is 11.5 Å². The molecular formula is C34H39N3O5. The predicted octanol–water partition coefficient (Wildman–Crippen LogP) is 5.96. The lowest BCUT2D eigenvalue weighted by atomic mass is 9.94. The fraction of sp³-hybridized carbons (Fsp3) is 0.353. The number of hydrogen-bond donors (Lipinski definition) is 2. The summed E-state index contributed by atoms with van der Waals surface area (Å²) >= 11 is 0. The van der Waals surface area contributed by atoms with Gasteiger partial charge in [-0.3, -0.25) is 9.59 Å². The molecule has 2 N–H and O–H groups in total. The van der Waals surface area contributed by atoms with Gasteiger partial charge >= 0.3 is 0 Å². The molecule has 4 aromatic rings. The van der Waals surface area contributed by atoms with E-state index in [9.17, 15) is 9.59 Å². The molecule has 3 aromatic carbocycles. The molecule has 42 heavy (non-hydrogen) atoms. The fourth-order valence-corrected chi connectivity index (χ4v) is 5.91. The van der Waals surface area contributed by atoms with Crippen LogP contribution >= 0.6 is 0 Å². The van der Waals surface area contributed by atoms with E-state index in [1.165, 1.54) is 6.42 Å². The molecular weight excluding hydrogens is 530 g/mol. The number of aromatic amines is 1. The summed E-state index contributed by atoms with van der Waals surface area (Å²) in [6.07, 6.45) is 7.19. The number of methoxy groups -OCH3 is 3. The maximum atomic E-state index is 14.4. The van der Waals surface area contributed by atoms with E-state index in [0.717, 1.165) is 47.7 Å². The van der Waals surface area contributed by atoms with Gasteiger partial charge in [-0.25, -0.2) is 0 Å². The summed E-state index contributed by atoms with van der Waals surface area (Å²) < 4.78 is 16.7. The number of hydrogen-bond acceptors (Lipinski definition) is 5. The smallest absolute Gasteiger partial charge is 0.247 e. The molecule has 1 heterocycles. The fourth-order valence-electron chi connectivity index (χ4n) is 5.91. The highest BCUT2D eigenvalue weighted by Gasteiger charge is 2.34. The molecule has 1 fully saturated rings. The summed E-state index contributed by atoms with van der Waals surface area (Å²) in [6.45, 7) is 0.183. The van der Waals surface area contributed by atoms with Gasteiger partial charge in [-0.1, -0.05) is 61.7 Å². The lowest BCUT2D eigenvalue weighted by Crippen LogP contribution is -2.47. The molecule has 1 saturated carbocycles. The highest BCUT2D eigenvalue weighted by atomic mass is 16.5. The molecule has 8 heteroatoms. The van der Waals surface area contributed by atoms with Gasteiger partial charge in [0, 0.05) is 28.7 Å². The number of nitrogens with one attached hydrogen (secondary N) is 2. The monoisotopic (exact) mass is 569 g/mol. The van der Waals surface area contributed by atoms with Crippen LogP contribution in [-0.4, -0.2) is 49.1 Å². The number of rotatable bonds is 11. The van der Waals surface area contributed by atoms with Crippen LogP contribution in [0.2, 0.25) is 0 Å². The van der Waals surface area contributed by atoms with Gasteiger partial charge < -0.3 is 29.4 Å². The number of fused-ring (bicyclic) bond motifs is 1. The van der Waals surface area contributed by atoms with Crippen LogP contribution in [0, 0.1) is 0 Å². The maximum Gasteiger partial charge on any atom is 0.247 e. The highest BCUT2D eigenvalue weighted by Crippen LogP contribution is 2.35. The van der Waals surface area contributed by atoms with Gasteiger partial charge in [0.1, 0.15) is 11.8 Å². The molecule has 0 aliphatic heterocycles. The van der Waals surface area contributed by atoms with E-state index >= 15 is 0 Å². The van der Waals surface area contributed by atoms with Crippen LogP contribution in [-0.2, 0) is 22.6 Å². The van der Waals surface area contributed by atoms with E-state index in [-0.39, 0.29) is 30.8 Å². The number of benzene rings is 3. The minimum absolute atomic E-state index is 0.0747. The van der Waals surface area contributed by atoms with Crippen molar-refractivity contribution in [2.75, 3.05) is 21.3 Å². The third-order valence-electron chi connectivity index (χ3n) is 8.11. The molecule has 2 amide bonds. The van der Waals surface area contributed by atoms with E-state index in [1.54, 1.807) is 38.4 Å². The predicted molar refractivity (Wildman–Crippen MR) is 163 cm³/mol. The first kappa shape index (κ1) is 29.0. The number of carbonyl (C=O) groups excluding carboxylic acids is 2. The van der Waals surface area contributed by atoms with Gasteiger partial charge in [-0.05, 0) is 48.2 Å². The summed E-state index contributed by atoms with van der Waals surface area (Å²) in [5.74, 6) is 1.31. The number of carbonyl (C=O) groups is 2. The van der Waals surface area contributed by atoms with Crippen molar-refractivity contribution in [2.45, 2.75) is 57.2 Å². The first-order chi connectivity index (χ1) is 20.5. The molecule has 220 valence electrons. The minimum atomic E-state index is -0.908. The largest absolute Gasteiger partial charge is 0.496 e. The van der Waals surface area contributed by atoms with E-state index in [2.05, 4.69) is 10.3 Å². The summed E-state index contributed by atoms with van der Waals surface area (Å²) in [6, 6.07) is 20.1. The molecule has 0 spiro atoms. The van der Waals surface area contributed by atoms with Crippen molar-refractivity contribution in [3.63, 3.8) is 0 Å². The average molecular weight is 570 g/mol. The van der Waals surface area contributed by atoms with Gasteiger partial charge in [-0.2, -0.15) is 0 Å². The Morgan fingerprint density at radius 1 is 0.857 bits per heavy atom. The second kappa shape index (κ2) is 13.5. The molecule has 1 aromatic heterocycles. The van der Waals surface area contributed by atoms with Crippen molar-refractivity contribution in [1.82, 2.24) is 15.2 Å². The first-order valence-electron chi connectivity index (χ1n) is 14.5. The topological polar surface area (TPSA) is 92.9 Å². The molecule has 0 bridgehead atoms. The number of amides is 2. The van der Waals surface area contributed by atoms with Crippen molar-refractivity contribution >= 4 is 22.7 Å². The van der Waals surface area contributed by atoms with E-state index < -0.39 is 6.04 Å². The zero-order chi connectivity index (χ0) is 29.5. The van der Waals surface area contributed by atoms with Gasteiger partial charge in [0.2, 0.25) is 11.8 Å². The van der Waals surface area contributed by atoms with Crippen LogP contribution in [0.1, 0.15) is 54.8 Å². The Bertz CT molecular complexity index is 1520. The van der Waals surface area contributed by atoms with Crippen LogP contribution in [0.25, 0.3) is 10.9 Å². The van der Waals surface area contributed by atoms with Crippen molar-refractivity contribution in [2.24, 2.45) is 0 Å². The zero-order valence-corrected chi connectivity index (χ0v) is 24.5. The van der Waals surface area contributed by atoms with Crippen molar-refractivity contribution in [3.8, 4) is 17.2 Å². The average Bonchev–Trinajstić information content (AvgIpc) is 3.43. The number of H-pyrrole nitrogens is 1. The van der Waals surface area contributed by atoms with Gasteiger partial charge in [0.05, 0.1) is 34.3 Å². The molecule has 5 rings (SSSR count).